The number of carbonyl (C=O) groups is 1. The first-order chi connectivity index (χ1) is 5.61. The van der Waals surface area contributed by atoms with Gasteiger partial charge in [0.15, 0.2) is 0 Å². The molecule has 12 heavy (non-hydrogen) atoms. The Balaban J connectivity index is 2.70. The van der Waals surface area contributed by atoms with Gasteiger partial charge in [-0.2, -0.15) is 0 Å². The third-order valence-electron chi connectivity index (χ3n) is 3.05. The fourth-order valence-corrected chi connectivity index (χ4v) is 1.95. The van der Waals surface area contributed by atoms with Crippen molar-refractivity contribution in [2.45, 2.75) is 38.2 Å². The fraction of sp³-hybridized carbons (Fsp3) is 0.889. The minimum absolute atomic E-state index is 0.319. The zero-order valence-electron chi connectivity index (χ0n) is 7.80. The largest absolute Gasteiger partial charge is 0.368 e. The maximum Gasteiger partial charge on any atom is 0.249 e. The van der Waals surface area contributed by atoms with Crippen molar-refractivity contribution in [2.24, 2.45) is 11.7 Å². The highest BCUT2D eigenvalue weighted by Crippen LogP contribution is 2.35. The number of hydrogen-bond acceptors (Lipinski definition) is 2. The Kier molecular flexibility index (Phi) is 2.73. The van der Waals surface area contributed by atoms with Crippen molar-refractivity contribution in [2.75, 3.05) is 7.11 Å². The first kappa shape index (κ1) is 9.52. The molecule has 2 N–H and O–H groups in total. The molecule has 0 aromatic carbocycles. The average Bonchev–Trinajstić information content (AvgIpc) is 2.54. The Hall–Kier alpha value is -0.570. The lowest BCUT2D eigenvalue weighted by atomic mass is 9.87. The number of ether oxygens (including phenoxy) is 1. The van der Waals surface area contributed by atoms with E-state index in [2.05, 4.69) is 0 Å². The van der Waals surface area contributed by atoms with Gasteiger partial charge in [0.05, 0.1) is 0 Å². The maximum absolute atomic E-state index is 11.1. The van der Waals surface area contributed by atoms with Gasteiger partial charge in [-0.25, -0.2) is 0 Å². The van der Waals surface area contributed by atoms with Crippen molar-refractivity contribution in [3.8, 4) is 0 Å². The molecular formula is C9H17NO2. The molecule has 0 spiro atoms. The Bertz CT molecular complexity index is 175. The monoisotopic (exact) mass is 171 g/mol. The number of nitrogens with two attached hydrogens (primary N) is 1. The Morgan fingerprint density at radius 2 is 2.00 bits per heavy atom. The van der Waals surface area contributed by atoms with Crippen molar-refractivity contribution < 1.29 is 9.53 Å². The predicted octanol–water partition coefficient (Wildman–Crippen LogP) is 1.07. The second-order valence-electron chi connectivity index (χ2n) is 3.66. The molecule has 0 saturated heterocycles. The van der Waals surface area contributed by atoms with Gasteiger partial charge in [0.1, 0.15) is 5.60 Å². The molecule has 1 unspecified atom stereocenters. The molecular weight excluding hydrogens is 154 g/mol. The second kappa shape index (κ2) is 3.44. The Morgan fingerprint density at radius 3 is 2.33 bits per heavy atom. The summed E-state index contributed by atoms with van der Waals surface area (Å²) in [5, 5.41) is 0. The summed E-state index contributed by atoms with van der Waals surface area (Å²) in [6.45, 7) is 1.80. The molecule has 0 bridgehead atoms. The van der Waals surface area contributed by atoms with Gasteiger partial charge in [0.25, 0.3) is 0 Å². The molecule has 0 aliphatic heterocycles. The number of methoxy groups -OCH3 is 1. The van der Waals surface area contributed by atoms with Gasteiger partial charge in [-0.05, 0) is 25.7 Å². The Labute approximate surface area is 73.3 Å². The van der Waals surface area contributed by atoms with Crippen LogP contribution in [0.25, 0.3) is 0 Å². The summed E-state index contributed by atoms with van der Waals surface area (Å²) >= 11 is 0. The second-order valence-corrected chi connectivity index (χ2v) is 3.66. The summed E-state index contributed by atoms with van der Waals surface area (Å²) in [5.74, 6) is -0.0168. The molecule has 1 aliphatic carbocycles. The molecule has 1 atom stereocenters. The van der Waals surface area contributed by atoms with E-state index in [-0.39, 0.29) is 5.91 Å². The first-order valence-electron chi connectivity index (χ1n) is 4.46. The van der Waals surface area contributed by atoms with E-state index in [0.29, 0.717) is 5.92 Å². The molecule has 3 heteroatoms. The van der Waals surface area contributed by atoms with E-state index < -0.39 is 5.60 Å². The minimum atomic E-state index is -0.740. The van der Waals surface area contributed by atoms with Gasteiger partial charge in [-0.15, -0.1) is 0 Å². The van der Waals surface area contributed by atoms with Gasteiger partial charge in [0.2, 0.25) is 5.91 Å². The van der Waals surface area contributed by atoms with Crippen LogP contribution in [0, 0.1) is 5.92 Å². The molecule has 1 amide bonds. The summed E-state index contributed by atoms with van der Waals surface area (Å²) in [7, 11) is 1.56. The SMILES string of the molecule is COC(C)(C(N)=O)C1CCCC1. The van der Waals surface area contributed by atoms with E-state index in [0.717, 1.165) is 12.8 Å². The van der Waals surface area contributed by atoms with Crippen LogP contribution < -0.4 is 5.73 Å². The lowest BCUT2D eigenvalue weighted by Gasteiger charge is -2.30. The van der Waals surface area contributed by atoms with Crippen LogP contribution in [0.1, 0.15) is 32.6 Å². The van der Waals surface area contributed by atoms with E-state index in [1.807, 2.05) is 0 Å². The van der Waals surface area contributed by atoms with Crippen LogP contribution in [0.3, 0.4) is 0 Å². The van der Waals surface area contributed by atoms with E-state index in [4.69, 9.17) is 10.5 Å². The number of carbonyl (C=O) groups excluding carboxylic acids is 1. The fourth-order valence-electron chi connectivity index (χ4n) is 1.95. The lowest BCUT2D eigenvalue weighted by molar-refractivity contribution is -0.144. The highest BCUT2D eigenvalue weighted by atomic mass is 16.5. The van der Waals surface area contributed by atoms with Gasteiger partial charge in [-0.3, -0.25) is 4.79 Å². The van der Waals surface area contributed by atoms with E-state index in [1.54, 1.807) is 14.0 Å². The zero-order chi connectivity index (χ0) is 9.19. The molecule has 0 radical (unpaired) electrons. The molecule has 0 aromatic heterocycles. The lowest BCUT2D eigenvalue weighted by Crippen LogP contribution is -2.48. The summed E-state index contributed by atoms with van der Waals surface area (Å²) in [6.07, 6.45) is 4.51. The summed E-state index contributed by atoms with van der Waals surface area (Å²) in [4.78, 5) is 11.1. The molecule has 1 rings (SSSR count). The highest BCUT2D eigenvalue weighted by Gasteiger charge is 2.41. The molecule has 1 fully saturated rings. The predicted molar refractivity (Wildman–Crippen MR) is 46.6 cm³/mol. The molecule has 0 aromatic rings. The van der Waals surface area contributed by atoms with E-state index in [9.17, 15) is 4.79 Å². The van der Waals surface area contributed by atoms with E-state index >= 15 is 0 Å². The smallest absolute Gasteiger partial charge is 0.249 e. The number of primary amides is 1. The minimum Gasteiger partial charge on any atom is -0.368 e. The van der Waals surface area contributed by atoms with Crippen LogP contribution in [0.2, 0.25) is 0 Å². The van der Waals surface area contributed by atoms with E-state index in [1.165, 1.54) is 12.8 Å². The standard InChI is InChI=1S/C9H17NO2/c1-9(12-2,8(10)11)7-5-3-4-6-7/h7H,3-6H2,1-2H3,(H2,10,11). The number of rotatable bonds is 3. The normalized spacial score (nSPS) is 23.8. The number of hydrogen-bond donors (Lipinski definition) is 1. The topological polar surface area (TPSA) is 52.3 Å². The Morgan fingerprint density at radius 1 is 1.50 bits per heavy atom. The quantitative estimate of drug-likeness (QED) is 0.690. The van der Waals surface area contributed by atoms with Crippen molar-refractivity contribution in [3.05, 3.63) is 0 Å². The summed E-state index contributed by atoms with van der Waals surface area (Å²) in [5.41, 5.74) is 4.56. The summed E-state index contributed by atoms with van der Waals surface area (Å²) in [6, 6.07) is 0. The van der Waals surface area contributed by atoms with Crippen LogP contribution in [0.5, 0.6) is 0 Å². The molecule has 70 valence electrons. The van der Waals surface area contributed by atoms with Crippen LogP contribution in [-0.2, 0) is 9.53 Å². The average molecular weight is 171 g/mol. The van der Waals surface area contributed by atoms with Crippen LogP contribution >= 0.6 is 0 Å². The van der Waals surface area contributed by atoms with Gasteiger partial charge < -0.3 is 10.5 Å². The van der Waals surface area contributed by atoms with Crippen molar-refractivity contribution in [1.82, 2.24) is 0 Å². The maximum atomic E-state index is 11.1. The molecule has 1 aliphatic rings. The molecule has 0 heterocycles. The van der Waals surface area contributed by atoms with Gasteiger partial charge >= 0.3 is 0 Å². The van der Waals surface area contributed by atoms with Crippen molar-refractivity contribution >= 4 is 5.91 Å². The van der Waals surface area contributed by atoms with Crippen molar-refractivity contribution in [1.29, 1.82) is 0 Å². The third-order valence-corrected chi connectivity index (χ3v) is 3.05. The zero-order valence-corrected chi connectivity index (χ0v) is 7.80. The summed E-state index contributed by atoms with van der Waals surface area (Å²) < 4.78 is 5.21. The van der Waals surface area contributed by atoms with Crippen molar-refractivity contribution in [3.63, 3.8) is 0 Å². The molecule has 1 saturated carbocycles. The molecule has 3 nitrogen and oxygen atoms in total. The first-order valence-corrected chi connectivity index (χ1v) is 4.46. The highest BCUT2D eigenvalue weighted by molar-refractivity contribution is 5.83. The van der Waals surface area contributed by atoms with Crippen LogP contribution in [-0.4, -0.2) is 18.6 Å². The van der Waals surface area contributed by atoms with Gasteiger partial charge in [0, 0.05) is 7.11 Å². The number of amides is 1. The van der Waals surface area contributed by atoms with Crippen LogP contribution in [0.4, 0.5) is 0 Å². The van der Waals surface area contributed by atoms with Gasteiger partial charge in [-0.1, -0.05) is 12.8 Å². The van der Waals surface area contributed by atoms with Crippen LogP contribution in [0.15, 0.2) is 0 Å². The third kappa shape index (κ3) is 1.46.